The first-order valence-electron chi connectivity index (χ1n) is 6.47. The molecule has 1 atom stereocenters. The first-order chi connectivity index (χ1) is 9.28. The highest BCUT2D eigenvalue weighted by molar-refractivity contribution is 8.00. The lowest BCUT2D eigenvalue weighted by Crippen LogP contribution is -2.35. The van der Waals surface area contributed by atoms with Crippen LogP contribution in [-0.4, -0.2) is 48.0 Å². The average molecular weight is 316 g/mol. The molecule has 1 fully saturated rings. The molecule has 20 heavy (non-hydrogen) atoms. The molecule has 1 heterocycles. The fourth-order valence-corrected chi connectivity index (χ4v) is 4.94. The number of hydrogen-bond donors (Lipinski definition) is 2. The van der Waals surface area contributed by atoms with Crippen molar-refractivity contribution in [1.82, 2.24) is 4.31 Å². The van der Waals surface area contributed by atoms with Gasteiger partial charge in [0.1, 0.15) is 0 Å². The fraction of sp³-hybridized carbons (Fsp3) is 0.538. The minimum Gasteiger partial charge on any atom is -0.399 e. The maximum Gasteiger partial charge on any atom is 0.215 e. The van der Waals surface area contributed by atoms with E-state index in [1.54, 1.807) is 19.1 Å². The number of β-amino-alcohol motifs (C(OH)–C–C–N with tert-alkyl or cyclic N) is 1. The van der Waals surface area contributed by atoms with Crippen molar-refractivity contribution in [2.45, 2.75) is 23.8 Å². The second-order valence-corrected chi connectivity index (χ2v) is 8.57. The van der Waals surface area contributed by atoms with Crippen molar-refractivity contribution in [3.63, 3.8) is 0 Å². The lowest BCUT2D eigenvalue weighted by Gasteiger charge is -2.18. The fourth-order valence-electron chi connectivity index (χ4n) is 2.10. The van der Waals surface area contributed by atoms with Gasteiger partial charge >= 0.3 is 0 Å². The van der Waals surface area contributed by atoms with E-state index in [4.69, 9.17) is 5.73 Å². The molecular formula is C13H20N2O3S2. The molecule has 0 aromatic heterocycles. The molecule has 1 aromatic rings. The monoisotopic (exact) mass is 316 g/mol. The normalized spacial score (nSPS) is 24.1. The zero-order valence-electron chi connectivity index (χ0n) is 11.4. The van der Waals surface area contributed by atoms with Crippen molar-refractivity contribution in [2.24, 2.45) is 0 Å². The summed E-state index contributed by atoms with van der Waals surface area (Å²) in [5.41, 5.74) is 5.40. The van der Waals surface area contributed by atoms with E-state index in [0.717, 1.165) is 4.90 Å². The SMILES string of the molecule is CC1(O)CCN(S(=O)(=O)CCSc2ccc(N)cc2)C1. The third-order valence-electron chi connectivity index (χ3n) is 3.30. The van der Waals surface area contributed by atoms with Gasteiger partial charge in [0.15, 0.2) is 0 Å². The van der Waals surface area contributed by atoms with Crippen molar-refractivity contribution < 1.29 is 13.5 Å². The molecule has 5 nitrogen and oxygen atoms in total. The molecule has 0 aliphatic carbocycles. The highest BCUT2D eigenvalue weighted by atomic mass is 32.2. The van der Waals surface area contributed by atoms with Crippen LogP contribution < -0.4 is 5.73 Å². The van der Waals surface area contributed by atoms with Crippen LogP contribution in [0.2, 0.25) is 0 Å². The van der Waals surface area contributed by atoms with E-state index in [0.29, 0.717) is 24.4 Å². The van der Waals surface area contributed by atoms with Crippen LogP contribution in [0, 0.1) is 0 Å². The van der Waals surface area contributed by atoms with Crippen molar-refractivity contribution in [1.29, 1.82) is 0 Å². The van der Waals surface area contributed by atoms with E-state index in [2.05, 4.69) is 0 Å². The van der Waals surface area contributed by atoms with E-state index in [1.165, 1.54) is 16.1 Å². The molecule has 7 heteroatoms. The van der Waals surface area contributed by atoms with Gasteiger partial charge in [-0.3, -0.25) is 0 Å². The third-order valence-corrected chi connectivity index (χ3v) is 6.39. The molecule has 1 aromatic carbocycles. The summed E-state index contributed by atoms with van der Waals surface area (Å²) >= 11 is 1.49. The van der Waals surface area contributed by atoms with Crippen molar-refractivity contribution in [3.05, 3.63) is 24.3 Å². The van der Waals surface area contributed by atoms with Gasteiger partial charge in [-0.2, -0.15) is 4.31 Å². The summed E-state index contributed by atoms with van der Waals surface area (Å²) in [6.45, 7) is 2.27. The average Bonchev–Trinajstić information content (AvgIpc) is 2.73. The molecule has 0 bridgehead atoms. The van der Waals surface area contributed by atoms with Crippen LogP contribution >= 0.6 is 11.8 Å². The summed E-state index contributed by atoms with van der Waals surface area (Å²) in [7, 11) is -3.28. The van der Waals surface area contributed by atoms with E-state index in [1.807, 2.05) is 12.1 Å². The van der Waals surface area contributed by atoms with Crippen molar-refractivity contribution >= 4 is 27.5 Å². The summed E-state index contributed by atoms with van der Waals surface area (Å²) in [5, 5.41) is 9.83. The zero-order chi connectivity index (χ0) is 14.8. The van der Waals surface area contributed by atoms with Gasteiger partial charge in [0.25, 0.3) is 0 Å². The number of nitrogen functional groups attached to an aromatic ring is 1. The van der Waals surface area contributed by atoms with Gasteiger partial charge in [-0.15, -0.1) is 11.8 Å². The Morgan fingerprint density at radius 3 is 2.60 bits per heavy atom. The lowest BCUT2D eigenvalue weighted by molar-refractivity contribution is 0.0762. The number of thioether (sulfide) groups is 1. The Kier molecular flexibility index (Phi) is 4.63. The molecule has 2 rings (SSSR count). The molecule has 1 aliphatic heterocycles. The molecule has 3 N–H and O–H groups in total. The lowest BCUT2D eigenvalue weighted by atomic mass is 10.1. The predicted molar refractivity (Wildman–Crippen MR) is 82.2 cm³/mol. The largest absolute Gasteiger partial charge is 0.399 e. The second-order valence-electron chi connectivity index (χ2n) is 5.31. The number of nitrogens with zero attached hydrogens (tertiary/aromatic N) is 1. The van der Waals surface area contributed by atoms with Crippen LogP contribution in [0.4, 0.5) is 5.69 Å². The van der Waals surface area contributed by atoms with Gasteiger partial charge in [0.05, 0.1) is 11.4 Å². The van der Waals surface area contributed by atoms with Crippen LogP contribution in [0.5, 0.6) is 0 Å². The van der Waals surface area contributed by atoms with Crippen LogP contribution in [0.3, 0.4) is 0 Å². The number of nitrogens with two attached hydrogens (primary N) is 1. The topological polar surface area (TPSA) is 83.6 Å². The van der Waals surface area contributed by atoms with E-state index in [-0.39, 0.29) is 12.3 Å². The molecule has 112 valence electrons. The molecule has 1 aliphatic rings. The maximum atomic E-state index is 12.1. The molecule has 1 unspecified atom stereocenters. The molecule has 1 saturated heterocycles. The van der Waals surface area contributed by atoms with Gasteiger partial charge in [0, 0.05) is 29.4 Å². The number of anilines is 1. The first-order valence-corrected chi connectivity index (χ1v) is 9.07. The van der Waals surface area contributed by atoms with Gasteiger partial charge < -0.3 is 10.8 Å². The minimum atomic E-state index is -3.28. The summed E-state index contributed by atoms with van der Waals surface area (Å²) in [5.74, 6) is 0.572. The Morgan fingerprint density at radius 2 is 2.05 bits per heavy atom. The molecule has 0 amide bonds. The Morgan fingerprint density at radius 1 is 1.40 bits per heavy atom. The van der Waals surface area contributed by atoms with Gasteiger partial charge in [0.2, 0.25) is 10.0 Å². The molecule has 0 spiro atoms. The highest BCUT2D eigenvalue weighted by Crippen LogP contribution is 2.24. The third kappa shape index (κ3) is 4.12. The van der Waals surface area contributed by atoms with Crippen LogP contribution in [-0.2, 0) is 10.0 Å². The second kappa shape index (κ2) is 5.93. The van der Waals surface area contributed by atoms with E-state index in [9.17, 15) is 13.5 Å². The maximum absolute atomic E-state index is 12.1. The molecular weight excluding hydrogens is 296 g/mol. The van der Waals surface area contributed by atoms with E-state index < -0.39 is 15.6 Å². The Hall–Kier alpha value is -0.760. The van der Waals surface area contributed by atoms with Gasteiger partial charge in [-0.1, -0.05) is 0 Å². The summed E-state index contributed by atoms with van der Waals surface area (Å²) in [4.78, 5) is 1.00. The standard InChI is InChI=1S/C13H20N2O3S2/c1-13(16)6-7-15(10-13)20(17,18)9-8-19-12-4-2-11(14)3-5-12/h2-5,16H,6-10,14H2,1H3. The van der Waals surface area contributed by atoms with Crippen LogP contribution in [0.25, 0.3) is 0 Å². The Labute approximate surface area is 124 Å². The van der Waals surface area contributed by atoms with Gasteiger partial charge in [-0.05, 0) is 37.6 Å². The number of sulfonamides is 1. The summed E-state index contributed by atoms with van der Waals surface area (Å²) < 4.78 is 25.7. The Balaban J connectivity index is 1.85. The number of benzene rings is 1. The van der Waals surface area contributed by atoms with Gasteiger partial charge in [-0.25, -0.2) is 8.42 Å². The van der Waals surface area contributed by atoms with Crippen molar-refractivity contribution in [3.8, 4) is 0 Å². The number of rotatable bonds is 5. The predicted octanol–water partition coefficient (Wildman–Crippen LogP) is 1.15. The highest BCUT2D eigenvalue weighted by Gasteiger charge is 2.37. The summed E-state index contributed by atoms with van der Waals surface area (Å²) in [6.07, 6.45) is 0.497. The minimum absolute atomic E-state index is 0.0815. The number of aliphatic hydroxyl groups is 1. The van der Waals surface area contributed by atoms with Crippen LogP contribution in [0.15, 0.2) is 29.2 Å². The van der Waals surface area contributed by atoms with Crippen LogP contribution in [0.1, 0.15) is 13.3 Å². The number of hydrogen-bond acceptors (Lipinski definition) is 5. The van der Waals surface area contributed by atoms with E-state index >= 15 is 0 Å². The smallest absolute Gasteiger partial charge is 0.215 e. The first kappa shape index (κ1) is 15.6. The summed E-state index contributed by atoms with van der Waals surface area (Å²) in [6, 6.07) is 7.36. The molecule has 0 radical (unpaired) electrons. The molecule has 0 saturated carbocycles. The zero-order valence-corrected chi connectivity index (χ0v) is 13.1. The quantitative estimate of drug-likeness (QED) is 0.629. The Bertz CT molecular complexity index is 555. The van der Waals surface area contributed by atoms with Crippen molar-refractivity contribution in [2.75, 3.05) is 30.3 Å².